The van der Waals surface area contributed by atoms with Crippen molar-refractivity contribution in [3.63, 3.8) is 0 Å². The molecule has 2 aromatic rings. The first kappa shape index (κ1) is 29.4. The maximum absolute atomic E-state index is 13.4. The Bertz CT molecular complexity index is 1110. The summed E-state index contributed by atoms with van der Waals surface area (Å²) in [7, 11) is -3.52. The van der Waals surface area contributed by atoms with Gasteiger partial charge in [-0.1, -0.05) is 49.7 Å². The van der Waals surface area contributed by atoms with Crippen molar-refractivity contribution in [1.29, 1.82) is 0 Å². The van der Waals surface area contributed by atoms with Crippen LogP contribution in [0.2, 0.25) is 0 Å². The van der Waals surface area contributed by atoms with Crippen LogP contribution in [0.25, 0.3) is 0 Å². The van der Waals surface area contributed by atoms with Crippen molar-refractivity contribution < 1.29 is 18.0 Å². The summed E-state index contributed by atoms with van der Waals surface area (Å²) in [4.78, 5) is 28.0. The zero-order valence-electron chi connectivity index (χ0n) is 22.5. The number of amides is 2. The largest absolute Gasteiger partial charge is 0.354 e. The van der Waals surface area contributed by atoms with Crippen molar-refractivity contribution in [1.82, 2.24) is 10.2 Å². The predicted octanol–water partition coefficient (Wildman–Crippen LogP) is 4.49. The molecule has 8 heteroatoms. The smallest absolute Gasteiger partial charge is 0.242 e. The molecule has 0 fully saturated rings. The lowest BCUT2D eigenvalue weighted by atomic mass is 10.1. The quantitative estimate of drug-likeness (QED) is 0.426. The topological polar surface area (TPSA) is 86.8 Å². The van der Waals surface area contributed by atoms with Crippen LogP contribution in [0.4, 0.5) is 5.69 Å². The molecule has 0 saturated heterocycles. The monoisotopic (exact) mass is 515 g/mol. The van der Waals surface area contributed by atoms with Crippen LogP contribution in [0, 0.1) is 20.8 Å². The number of aryl methyl sites for hydroxylation is 3. The Morgan fingerprint density at radius 2 is 1.56 bits per heavy atom. The molecule has 0 aliphatic heterocycles. The first-order chi connectivity index (χ1) is 17.0. The molecular weight excluding hydrogens is 474 g/mol. The summed E-state index contributed by atoms with van der Waals surface area (Å²) in [6.07, 6.45) is 2.97. The van der Waals surface area contributed by atoms with Crippen molar-refractivity contribution >= 4 is 27.5 Å². The molecule has 2 amide bonds. The number of benzene rings is 2. The van der Waals surface area contributed by atoms with Crippen LogP contribution < -0.4 is 9.62 Å². The van der Waals surface area contributed by atoms with E-state index < -0.39 is 16.1 Å². The second-order valence-corrected chi connectivity index (χ2v) is 11.4. The standard InChI is InChI=1S/C28H41N3O4S/c1-7-15-29-28(33)26(8-2)30(20-24-13-11-21(3)12-14-24)27(32)10-9-16-31(36(6,34)35)25-18-22(4)17-23(5)19-25/h11-14,17-19,26H,7-10,15-16,20H2,1-6H3,(H,29,33)/t26-/m1/s1. The van der Waals surface area contributed by atoms with E-state index in [4.69, 9.17) is 0 Å². The maximum atomic E-state index is 13.4. The van der Waals surface area contributed by atoms with Crippen molar-refractivity contribution in [2.24, 2.45) is 0 Å². The third-order valence-corrected chi connectivity index (χ3v) is 7.25. The molecule has 2 aromatic carbocycles. The van der Waals surface area contributed by atoms with Gasteiger partial charge in [-0.25, -0.2) is 8.42 Å². The summed E-state index contributed by atoms with van der Waals surface area (Å²) >= 11 is 0. The molecule has 0 aromatic heterocycles. The molecule has 0 heterocycles. The molecule has 0 spiro atoms. The molecule has 198 valence electrons. The van der Waals surface area contributed by atoms with Gasteiger partial charge in [0.2, 0.25) is 21.8 Å². The van der Waals surface area contributed by atoms with E-state index in [0.717, 1.165) is 28.7 Å². The number of anilines is 1. The van der Waals surface area contributed by atoms with Crippen LogP contribution in [0.3, 0.4) is 0 Å². The molecule has 0 unspecified atom stereocenters. The minimum absolute atomic E-state index is 0.139. The lowest BCUT2D eigenvalue weighted by Crippen LogP contribution is -2.49. The average molecular weight is 516 g/mol. The number of hydrogen-bond donors (Lipinski definition) is 1. The second kappa shape index (κ2) is 13.4. The van der Waals surface area contributed by atoms with E-state index in [-0.39, 0.29) is 24.8 Å². The number of nitrogens with one attached hydrogen (secondary N) is 1. The Hall–Kier alpha value is -2.87. The summed E-state index contributed by atoms with van der Waals surface area (Å²) < 4.78 is 26.5. The summed E-state index contributed by atoms with van der Waals surface area (Å²) in [5.41, 5.74) is 4.62. The molecule has 2 rings (SSSR count). The van der Waals surface area contributed by atoms with Gasteiger partial charge in [0.15, 0.2) is 0 Å². The van der Waals surface area contributed by atoms with Crippen molar-refractivity contribution in [2.75, 3.05) is 23.7 Å². The fourth-order valence-corrected chi connectivity index (χ4v) is 5.22. The van der Waals surface area contributed by atoms with E-state index in [1.807, 2.05) is 77.1 Å². The first-order valence-electron chi connectivity index (χ1n) is 12.6. The van der Waals surface area contributed by atoms with Crippen LogP contribution in [-0.4, -0.2) is 50.5 Å². The SMILES string of the molecule is CCCNC(=O)[C@@H](CC)N(Cc1ccc(C)cc1)C(=O)CCCN(c1cc(C)cc(C)c1)S(C)(=O)=O. The Kier molecular flexibility index (Phi) is 11.0. The van der Waals surface area contributed by atoms with Crippen molar-refractivity contribution in [2.45, 2.75) is 72.9 Å². The first-order valence-corrected chi connectivity index (χ1v) is 14.5. The van der Waals surface area contributed by atoms with E-state index in [9.17, 15) is 18.0 Å². The van der Waals surface area contributed by atoms with Crippen molar-refractivity contribution in [3.8, 4) is 0 Å². The van der Waals surface area contributed by atoms with Gasteiger partial charge in [0, 0.05) is 26.1 Å². The third-order valence-electron chi connectivity index (χ3n) is 6.06. The summed E-state index contributed by atoms with van der Waals surface area (Å²) in [6, 6.07) is 13.0. The second-order valence-electron chi connectivity index (χ2n) is 9.51. The van der Waals surface area contributed by atoms with Gasteiger partial charge in [0.05, 0.1) is 11.9 Å². The van der Waals surface area contributed by atoms with Crippen LogP contribution in [0.5, 0.6) is 0 Å². The van der Waals surface area contributed by atoms with E-state index in [1.54, 1.807) is 4.90 Å². The Balaban J connectivity index is 2.22. The van der Waals surface area contributed by atoms with Gasteiger partial charge in [-0.15, -0.1) is 0 Å². The van der Waals surface area contributed by atoms with Crippen LogP contribution >= 0.6 is 0 Å². The minimum atomic E-state index is -3.52. The maximum Gasteiger partial charge on any atom is 0.242 e. The molecule has 0 aliphatic carbocycles. The highest BCUT2D eigenvalue weighted by molar-refractivity contribution is 7.92. The molecule has 36 heavy (non-hydrogen) atoms. The van der Waals surface area contributed by atoms with Crippen LogP contribution in [0.15, 0.2) is 42.5 Å². The molecule has 0 saturated carbocycles. The van der Waals surface area contributed by atoms with E-state index in [2.05, 4.69) is 5.32 Å². The third kappa shape index (κ3) is 8.66. The van der Waals surface area contributed by atoms with Crippen LogP contribution in [-0.2, 0) is 26.2 Å². The predicted molar refractivity (Wildman–Crippen MR) is 146 cm³/mol. The molecule has 0 radical (unpaired) electrons. The lowest BCUT2D eigenvalue weighted by molar-refractivity contribution is -0.141. The highest BCUT2D eigenvalue weighted by Crippen LogP contribution is 2.22. The Morgan fingerprint density at radius 1 is 0.944 bits per heavy atom. The Labute approximate surface area is 216 Å². The molecule has 7 nitrogen and oxygen atoms in total. The summed E-state index contributed by atoms with van der Waals surface area (Å²) in [5, 5.41) is 2.92. The lowest BCUT2D eigenvalue weighted by Gasteiger charge is -2.31. The average Bonchev–Trinajstić information content (AvgIpc) is 2.79. The number of carbonyl (C=O) groups is 2. The normalized spacial score (nSPS) is 12.2. The van der Waals surface area contributed by atoms with E-state index >= 15 is 0 Å². The zero-order chi connectivity index (χ0) is 26.9. The Morgan fingerprint density at radius 3 is 2.08 bits per heavy atom. The summed E-state index contributed by atoms with van der Waals surface area (Å²) in [5.74, 6) is -0.323. The van der Waals surface area contributed by atoms with E-state index in [0.29, 0.717) is 31.6 Å². The van der Waals surface area contributed by atoms with Gasteiger partial charge in [0.25, 0.3) is 0 Å². The number of nitrogens with zero attached hydrogens (tertiary/aromatic N) is 2. The van der Waals surface area contributed by atoms with Gasteiger partial charge in [-0.2, -0.15) is 0 Å². The van der Waals surface area contributed by atoms with Gasteiger partial charge < -0.3 is 10.2 Å². The highest BCUT2D eigenvalue weighted by atomic mass is 32.2. The van der Waals surface area contributed by atoms with E-state index in [1.165, 1.54) is 10.6 Å². The van der Waals surface area contributed by atoms with Gasteiger partial charge in [-0.05, 0) is 68.9 Å². The number of sulfonamides is 1. The molecule has 1 N–H and O–H groups in total. The van der Waals surface area contributed by atoms with Crippen molar-refractivity contribution in [3.05, 3.63) is 64.7 Å². The molecule has 1 atom stereocenters. The summed E-state index contributed by atoms with van der Waals surface area (Å²) in [6.45, 7) is 10.8. The number of hydrogen-bond acceptors (Lipinski definition) is 4. The van der Waals surface area contributed by atoms with Gasteiger partial charge >= 0.3 is 0 Å². The fraction of sp³-hybridized carbons (Fsp3) is 0.500. The molecular formula is C28H41N3O4S. The highest BCUT2D eigenvalue weighted by Gasteiger charge is 2.28. The van der Waals surface area contributed by atoms with Crippen LogP contribution in [0.1, 0.15) is 61.8 Å². The van der Waals surface area contributed by atoms with Gasteiger partial charge in [0.1, 0.15) is 6.04 Å². The number of rotatable bonds is 13. The minimum Gasteiger partial charge on any atom is -0.354 e. The molecule has 0 aliphatic rings. The fourth-order valence-electron chi connectivity index (χ4n) is 4.27. The molecule has 0 bridgehead atoms. The number of carbonyl (C=O) groups excluding carboxylic acids is 2. The zero-order valence-corrected chi connectivity index (χ0v) is 23.3. The van der Waals surface area contributed by atoms with Gasteiger partial charge in [-0.3, -0.25) is 13.9 Å².